The number of fused-ring (bicyclic) bond motifs is 4. The van der Waals surface area contributed by atoms with Gasteiger partial charge in [0.15, 0.2) is 0 Å². The molecular formula is C22H27F3N2O4. The van der Waals surface area contributed by atoms with E-state index in [0.29, 0.717) is 25.0 Å². The summed E-state index contributed by atoms with van der Waals surface area (Å²) in [7, 11) is 0. The number of likely N-dealkylation sites (tertiary alicyclic amines) is 1. The first kappa shape index (κ1) is 21.9. The number of hydrogen-bond donors (Lipinski definition) is 2. The highest BCUT2D eigenvalue weighted by molar-refractivity contribution is 5.95. The van der Waals surface area contributed by atoms with Crippen LogP contribution in [0.5, 0.6) is 5.75 Å². The van der Waals surface area contributed by atoms with Crippen molar-refractivity contribution in [1.29, 1.82) is 0 Å². The zero-order valence-electron chi connectivity index (χ0n) is 17.8. The Morgan fingerprint density at radius 3 is 2.58 bits per heavy atom. The Labute approximate surface area is 178 Å². The third kappa shape index (κ3) is 3.37. The van der Waals surface area contributed by atoms with Crippen molar-refractivity contribution in [2.45, 2.75) is 70.2 Å². The second kappa shape index (κ2) is 7.12. The molecule has 1 aromatic carbocycles. The summed E-state index contributed by atoms with van der Waals surface area (Å²) in [6, 6.07) is 2.58. The number of rotatable bonds is 2. The summed E-state index contributed by atoms with van der Waals surface area (Å²) in [4.78, 5) is 25.5. The first-order valence-electron chi connectivity index (χ1n) is 10.5. The first-order chi connectivity index (χ1) is 14.4. The number of ether oxygens (including phenoxy) is 1. The van der Waals surface area contributed by atoms with E-state index < -0.39 is 35.1 Å². The number of carbonyl (C=O) groups is 2. The molecule has 0 saturated carbocycles. The Morgan fingerprint density at radius 1 is 1.26 bits per heavy atom. The van der Waals surface area contributed by atoms with E-state index in [-0.39, 0.29) is 30.3 Å². The van der Waals surface area contributed by atoms with Gasteiger partial charge in [0.05, 0.1) is 5.69 Å². The molecular weight excluding hydrogens is 413 g/mol. The van der Waals surface area contributed by atoms with Crippen molar-refractivity contribution >= 4 is 17.5 Å². The number of nitrogens with one attached hydrogen (secondary N) is 1. The minimum absolute atomic E-state index is 0.000856. The van der Waals surface area contributed by atoms with Crippen LogP contribution >= 0.6 is 0 Å². The molecule has 9 heteroatoms. The zero-order chi connectivity index (χ0) is 22.8. The van der Waals surface area contributed by atoms with Crippen LogP contribution in [0.25, 0.3) is 0 Å². The van der Waals surface area contributed by atoms with Gasteiger partial charge in [0.1, 0.15) is 11.9 Å². The largest absolute Gasteiger partial charge is 0.506 e. The molecule has 3 atom stereocenters. The molecule has 2 N–H and O–H groups in total. The minimum Gasteiger partial charge on any atom is -0.506 e. The minimum atomic E-state index is -4.93. The van der Waals surface area contributed by atoms with Gasteiger partial charge in [-0.2, -0.15) is 13.2 Å². The van der Waals surface area contributed by atoms with Crippen molar-refractivity contribution in [3.8, 4) is 5.75 Å². The fraction of sp³-hybridized carbons (Fsp3) is 0.636. The van der Waals surface area contributed by atoms with Crippen LogP contribution in [0.15, 0.2) is 12.1 Å². The SMILES string of the molecule is CC1(C)[C@H]2Cc3cc(O)c(NC(=O)[C@@H]4CCCO4)cc3[C@]1(C)CCN2C(=O)C(F)(F)F. The molecule has 4 rings (SSSR count). The molecule has 0 unspecified atom stereocenters. The van der Waals surface area contributed by atoms with E-state index >= 15 is 0 Å². The lowest BCUT2D eigenvalue weighted by Gasteiger charge is -2.60. The number of nitrogens with zero attached hydrogens (tertiary/aromatic N) is 1. The number of carbonyl (C=O) groups excluding carboxylic acids is 2. The van der Waals surface area contributed by atoms with Gasteiger partial charge in [0, 0.05) is 24.6 Å². The highest BCUT2D eigenvalue weighted by Crippen LogP contribution is 2.57. The number of alkyl halides is 3. The fourth-order valence-electron chi connectivity index (χ4n) is 5.45. The van der Waals surface area contributed by atoms with Crippen LogP contribution in [0.4, 0.5) is 18.9 Å². The van der Waals surface area contributed by atoms with Crippen LogP contribution in [-0.2, 0) is 26.2 Å². The quantitative estimate of drug-likeness (QED) is 0.690. The van der Waals surface area contributed by atoms with Crippen molar-refractivity contribution < 1.29 is 32.6 Å². The third-order valence-corrected chi connectivity index (χ3v) is 7.70. The van der Waals surface area contributed by atoms with Crippen LogP contribution in [0.2, 0.25) is 0 Å². The molecule has 3 aliphatic rings. The maximum absolute atomic E-state index is 13.2. The molecule has 1 aromatic rings. The van der Waals surface area contributed by atoms with E-state index in [2.05, 4.69) is 5.32 Å². The van der Waals surface area contributed by atoms with Crippen LogP contribution in [0, 0.1) is 5.41 Å². The summed E-state index contributed by atoms with van der Waals surface area (Å²) in [5.74, 6) is -2.29. The summed E-state index contributed by atoms with van der Waals surface area (Å²) in [5, 5.41) is 13.3. The first-order valence-corrected chi connectivity index (χ1v) is 10.5. The molecule has 0 aromatic heterocycles. The fourth-order valence-corrected chi connectivity index (χ4v) is 5.45. The predicted octanol–water partition coefficient (Wildman–Crippen LogP) is 3.51. The average molecular weight is 440 g/mol. The molecule has 2 aliphatic heterocycles. The Balaban J connectivity index is 1.70. The van der Waals surface area contributed by atoms with Gasteiger partial charge < -0.3 is 20.1 Å². The molecule has 2 amide bonds. The van der Waals surface area contributed by atoms with Crippen molar-refractivity contribution in [2.24, 2.45) is 5.41 Å². The van der Waals surface area contributed by atoms with Crippen molar-refractivity contribution in [3.63, 3.8) is 0 Å². The molecule has 2 bridgehead atoms. The molecule has 2 heterocycles. The van der Waals surface area contributed by atoms with Gasteiger partial charge in [-0.25, -0.2) is 0 Å². The smallest absolute Gasteiger partial charge is 0.471 e. The number of aromatic hydroxyl groups is 1. The highest BCUT2D eigenvalue weighted by Gasteiger charge is 2.59. The normalized spacial score (nSPS) is 29.4. The standard InChI is InChI=1S/C22H27F3N2O4/c1-20(2)17-10-12-9-15(28)14(26-18(29)16-5-4-8-31-16)11-13(12)21(20,3)6-7-27(17)19(30)22(23,24)25/h9,11,16-17,28H,4-8,10H2,1-3H3,(H,26,29)/t16-,17+,21-/m0/s1. The number of phenols is 1. The lowest BCUT2D eigenvalue weighted by molar-refractivity contribution is -0.195. The number of halogens is 3. The molecule has 6 nitrogen and oxygen atoms in total. The lowest BCUT2D eigenvalue weighted by Crippen LogP contribution is -2.66. The van der Waals surface area contributed by atoms with E-state index in [4.69, 9.17) is 4.74 Å². The maximum Gasteiger partial charge on any atom is 0.471 e. The number of piperidine rings is 1. The summed E-state index contributed by atoms with van der Waals surface area (Å²) in [6.07, 6.45) is -3.52. The van der Waals surface area contributed by atoms with E-state index in [1.165, 1.54) is 6.07 Å². The van der Waals surface area contributed by atoms with Crippen molar-refractivity contribution in [2.75, 3.05) is 18.5 Å². The van der Waals surface area contributed by atoms with Crippen LogP contribution in [-0.4, -0.2) is 53.3 Å². The molecule has 31 heavy (non-hydrogen) atoms. The predicted molar refractivity (Wildman–Crippen MR) is 107 cm³/mol. The topological polar surface area (TPSA) is 78.9 Å². The number of benzene rings is 1. The van der Waals surface area contributed by atoms with Gasteiger partial charge in [-0.3, -0.25) is 9.59 Å². The van der Waals surface area contributed by atoms with Gasteiger partial charge in [-0.05, 0) is 54.4 Å². The molecule has 2 saturated heterocycles. The Bertz CT molecular complexity index is 924. The summed E-state index contributed by atoms with van der Waals surface area (Å²) in [6.45, 7) is 6.27. The maximum atomic E-state index is 13.2. The monoisotopic (exact) mass is 440 g/mol. The van der Waals surface area contributed by atoms with Crippen molar-refractivity contribution in [1.82, 2.24) is 4.90 Å². The second-order valence-corrected chi connectivity index (χ2v) is 9.54. The van der Waals surface area contributed by atoms with Crippen molar-refractivity contribution in [3.05, 3.63) is 23.3 Å². The number of phenolic OH excluding ortho intramolecular Hbond substituents is 1. The average Bonchev–Trinajstić information content (AvgIpc) is 3.20. The second-order valence-electron chi connectivity index (χ2n) is 9.54. The lowest BCUT2D eigenvalue weighted by atomic mass is 9.51. The molecule has 0 spiro atoms. The summed E-state index contributed by atoms with van der Waals surface area (Å²) >= 11 is 0. The Hall–Kier alpha value is -2.29. The number of amides is 2. The Morgan fingerprint density at radius 2 is 1.97 bits per heavy atom. The zero-order valence-corrected chi connectivity index (χ0v) is 17.8. The van der Waals surface area contributed by atoms with E-state index in [9.17, 15) is 27.9 Å². The molecule has 1 aliphatic carbocycles. The number of hydrogen-bond acceptors (Lipinski definition) is 4. The van der Waals surface area contributed by atoms with Crippen LogP contribution in [0.1, 0.15) is 51.2 Å². The van der Waals surface area contributed by atoms with Crippen LogP contribution in [0.3, 0.4) is 0 Å². The highest BCUT2D eigenvalue weighted by atomic mass is 19.4. The van der Waals surface area contributed by atoms with Gasteiger partial charge in [-0.1, -0.05) is 20.8 Å². The van der Waals surface area contributed by atoms with Gasteiger partial charge in [0.25, 0.3) is 5.91 Å². The summed E-state index contributed by atoms with van der Waals surface area (Å²) in [5.41, 5.74) is 0.660. The van der Waals surface area contributed by atoms with E-state index in [0.717, 1.165) is 16.9 Å². The Kier molecular flexibility index (Phi) is 5.03. The van der Waals surface area contributed by atoms with E-state index in [1.807, 2.05) is 20.8 Å². The van der Waals surface area contributed by atoms with Gasteiger partial charge in [-0.15, -0.1) is 0 Å². The van der Waals surface area contributed by atoms with E-state index in [1.54, 1.807) is 6.07 Å². The summed E-state index contributed by atoms with van der Waals surface area (Å²) < 4.78 is 45.0. The number of anilines is 1. The van der Waals surface area contributed by atoms with Crippen LogP contribution < -0.4 is 5.32 Å². The van der Waals surface area contributed by atoms with Gasteiger partial charge in [0.2, 0.25) is 0 Å². The van der Waals surface area contributed by atoms with Gasteiger partial charge >= 0.3 is 12.1 Å². The third-order valence-electron chi connectivity index (χ3n) is 7.70. The molecule has 2 fully saturated rings. The molecule has 0 radical (unpaired) electrons. The molecule has 170 valence electrons.